The van der Waals surface area contributed by atoms with Crippen molar-refractivity contribution in [2.24, 2.45) is 0 Å². The Morgan fingerprint density at radius 2 is 2.17 bits per heavy atom. The van der Waals surface area contributed by atoms with Crippen molar-refractivity contribution in [3.05, 3.63) is 52.3 Å². The molecular formula is C24H23Cl2FN4O3S. The van der Waals surface area contributed by atoms with Crippen molar-refractivity contribution >= 4 is 62.1 Å². The smallest absolute Gasteiger partial charge is 0.246 e. The number of likely N-dealkylation sites (N-methyl/N-ethyl adjacent to an activating group) is 1. The van der Waals surface area contributed by atoms with Crippen LogP contribution in [-0.4, -0.2) is 66.3 Å². The fraction of sp³-hybridized carbons (Fsp3) is 0.292. The van der Waals surface area contributed by atoms with Crippen molar-refractivity contribution in [2.45, 2.75) is 12.5 Å². The maximum Gasteiger partial charge on any atom is 0.246 e. The molecule has 0 aliphatic carbocycles. The molecule has 7 nitrogen and oxygen atoms in total. The maximum absolute atomic E-state index is 14.3. The van der Waals surface area contributed by atoms with Crippen LogP contribution in [0.2, 0.25) is 10.0 Å². The summed E-state index contributed by atoms with van der Waals surface area (Å²) < 4.78 is 20.6. The Bertz CT molecular complexity index is 1320. The molecule has 1 fully saturated rings. The number of rotatable bonds is 7. The van der Waals surface area contributed by atoms with Crippen LogP contribution in [0.3, 0.4) is 0 Å². The number of anilines is 1. The lowest BCUT2D eigenvalue weighted by molar-refractivity contribution is -0.128. The molecule has 1 atom stereocenters. The van der Waals surface area contributed by atoms with E-state index < -0.39 is 5.82 Å². The topological polar surface area (TPSA) is 88.8 Å². The lowest BCUT2D eigenvalue weighted by Gasteiger charge is -2.39. The summed E-state index contributed by atoms with van der Waals surface area (Å²) in [5.41, 5.74) is 7.20. The molecule has 1 aliphatic rings. The summed E-state index contributed by atoms with van der Waals surface area (Å²) in [7, 11) is 1.99. The van der Waals surface area contributed by atoms with E-state index in [9.17, 15) is 14.0 Å². The van der Waals surface area contributed by atoms with Gasteiger partial charge in [-0.05, 0) is 37.7 Å². The zero-order valence-electron chi connectivity index (χ0n) is 18.9. The number of nitrogen functional groups attached to an aromatic ring is 1. The number of fused-ring (bicyclic) bond motifs is 1. The van der Waals surface area contributed by atoms with Crippen LogP contribution in [0, 0.1) is 5.82 Å². The van der Waals surface area contributed by atoms with E-state index in [0.29, 0.717) is 42.4 Å². The first-order valence-corrected chi connectivity index (χ1v) is 12.4. The van der Waals surface area contributed by atoms with E-state index in [1.807, 2.05) is 7.05 Å². The molecule has 0 saturated carbocycles. The van der Waals surface area contributed by atoms with Crippen molar-refractivity contribution in [1.82, 2.24) is 14.8 Å². The number of piperazine rings is 1. The van der Waals surface area contributed by atoms with E-state index in [0.717, 1.165) is 17.9 Å². The van der Waals surface area contributed by atoms with Crippen LogP contribution in [0.15, 0.2) is 30.9 Å². The SMILES string of the molecule is C=CC(=O)N1CCN(C)C(CCOc2c(C=O)cc(Cl)c(-c3ccc(F)c4sc(N)nc34)c2Cl)C1. The third kappa shape index (κ3) is 4.99. The molecule has 2 N–H and O–H groups in total. The number of nitrogens with zero attached hydrogens (tertiary/aromatic N) is 3. The standard InChI is InChI=1S/C24H23Cl2FN4O3S/c1-3-18(33)31-8-7-30(2)14(11-31)6-9-34-22-13(12-32)10-16(25)19(20(22)26)15-4-5-17(27)23-21(15)29-24(28)35-23/h3-5,10,12,14H,1,6-9,11H2,2H3,(H2,28,29). The molecule has 1 unspecified atom stereocenters. The Balaban J connectivity index is 1.63. The summed E-state index contributed by atoms with van der Waals surface area (Å²) in [6.07, 6.45) is 2.52. The van der Waals surface area contributed by atoms with Crippen LogP contribution in [-0.2, 0) is 4.79 Å². The number of ether oxygens (including phenoxy) is 1. The van der Waals surface area contributed by atoms with Gasteiger partial charge in [0.1, 0.15) is 11.6 Å². The first-order chi connectivity index (χ1) is 16.7. The summed E-state index contributed by atoms with van der Waals surface area (Å²) in [5, 5.41) is 0.536. The van der Waals surface area contributed by atoms with Crippen molar-refractivity contribution in [3.8, 4) is 16.9 Å². The first kappa shape index (κ1) is 25.4. The normalized spacial score (nSPS) is 16.5. The van der Waals surface area contributed by atoms with E-state index in [1.54, 1.807) is 4.90 Å². The molecule has 11 heteroatoms. The number of carbonyl (C=O) groups is 2. The summed E-state index contributed by atoms with van der Waals surface area (Å²) >= 11 is 14.2. The Labute approximate surface area is 215 Å². The molecule has 4 rings (SSSR count). The lowest BCUT2D eigenvalue weighted by atomic mass is 10.0. The molecule has 35 heavy (non-hydrogen) atoms. The van der Waals surface area contributed by atoms with Gasteiger partial charge >= 0.3 is 0 Å². The minimum Gasteiger partial charge on any atom is -0.491 e. The van der Waals surface area contributed by atoms with Gasteiger partial charge < -0.3 is 15.4 Å². The highest BCUT2D eigenvalue weighted by atomic mass is 35.5. The molecule has 0 radical (unpaired) electrons. The molecule has 2 heterocycles. The van der Waals surface area contributed by atoms with Crippen molar-refractivity contribution in [1.29, 1.82) is 0 Å². The highest BCUT2D eigenvalue weighted by Gasteiger charge is 2.27. The molecule has 3 aromatic rings. The zero-order chi connectivity index (χ0) is 25.3. The number of benzene rings is 2. The van der Waals surface area contributed by atoms with E-state index in [2.05, 4.69) is 16.5 Å². The van der Waals surface area contributed by atoms with Crippen LogP contribution in [0.4, 0.5) is 9.52 Å². The Morgan fingerprint density at radius 1 is 1.40 bits per heavy atom. The summed E-state index contributed by atoms with van der Waals surface area (Å²) in [4.78, 5) is 31.9. The molecule has 0 bridgehead atoms. The lowest BCUT2D eigenvalue weighted by Crippen LogP contribution is -2.53. The van der Waals surface area contributed by atoms with Gasteiger partial charge in [0.05, 0.1) is 32.4 Å². The number of aldehydes is 1. The van der Waals surface area contributed by atoms with Gasteiger partial charge in [-0.1, -0.05) is 41.1 Å². The van der Waals surface area contributed by atoms with Crippen LogP contribution in [0.1, 0.15) is 16.8 Å². The fourth-order valence-electron chi connectivity index (χ4n) is 4.18. The molecule has 2 aromatic carbocycles. The monoisotopic (exact) mass is 536 g/mol. The van der Waals surface area contributed by atoms with Gasteiger partial charge in [-0.3, -0.25) is 14.5 Å². The van der Waals surface area contributed by atoms with Crippen molar-refractivity contribution in [2.75, 3.05) is 39.0 Å². The number of halogens is 3. The second kappa shape index (κ2) is 10.5. The van der Waals surface area contributed by atoms with E-state index in [-0.39, 0.29) is 49.7 Å². The second-order valence-electron chi connectivity index (χ2n) is 8.17. The van der Waals surface area contributed by atoms with Gasteiger partial charge in [0, 0.05) is 36.8 Å². The van der Waals surface area contributed by atoms with Gasteiger partial charge in [0.15, 0.2) is 11.4 Å². The quantitative estimate of drug-likeness (QED) is 0.341. The maximum atomic E-state index is 14.3. The average molecular weight is 537 g/mol. The van der Waals surface area contributed by atoms with Crippen LogP contribution in [0.25, 0.3) is 21.3 Å². The van der Waals surface area contributed by atoms with E-state index in [1.165, 1.54) is 24.3 Å². The second-order valence-corrected chi connectivity index (χ2v) is 9.98. The number of carbonyl (C=O) groups excluding carboxylic acids is 2. The molecule has 1 saturated heterocycles. The Kier molecular flexibility index (Phi) is 7.61. The van der Waals surface area contributed by atoms with Gasteiger partial charge in [0.2, 0.25) is 5.91 Å². The Morgan fingerprint density at radius 3 is 2.89 bits per heavy atom. The highest BCUT2D eigenvalue weighted by molar-refractivity contribution is 7.22. The minimum atomic E-state index is -0.452. The van der Waals surface area contributed by atoms with Gasteiger partial charge in [-0.25, -0.2) is 9.37 Å². The summed E-state index contributed by atoms with van der Waals surface area (Å²) in [6.45, 7) is 5.71. The minimum absolute atomic E-state index is 0.0626. The van der Waals surface area contributed by atoms with E-state index in [4.69, 9.17) is 33.7 Å². The third-order valence-corrected chi connectivity index (χ3v) is 7.62. The molecule has 184 valence electrons. The Hall–Kier alpha value is -2.72. The number of thiazole rings is 1. The molecule has 1 amide bonds. The number of amides is 1. The first-order valence-electron chi connectivity index (χ1n) is 10.8. The van der Waals surface area contributed by atoms with Crippen molar-refractivity contribution < 1.29 is 18.7 Å². The number of nitrogens with two attached hydrogens (primary N) is 1. The predicted octanol–water partition coefficient (Wildman–Crippen LogP) is 4.90. The molecule has 0 spiro atoms. The summed E-state index contributed by atoms with van der Waals surface area (Å²) in [6, 6.07) is 4.35. The molecule has 1 aromatic heterocycles. The fourth-order valence-corrected chi connectivity index (χ4v) is 5.67. The van der Waals surface area contributed by atoms with Crippen LogP contribution >= 0.6 is 34.5 Å². The molecular weight excluding hydrogens is 514 g/mol. The zero-order valence-corrected chi connectivity index (χ0v) is 21.2. The largest absolute Gasteiger partial charge is 0.491 e. The highest BCUT2D eigenvalue weighted by Crippen LogP contribution is 2.45. The van der Waals surface area contributed by atoms with Crippen LogP contribution in [0.5, 0.6) is 5.75 Å². The predicted molar refractivity (Wildman–Crippen MR) is 138 cm³/mol. The van der Waals surface area contributed by atoms with E-state index >= 15 is 0 Å². The van der Waals surface area contributed by atoms with Gasteiger partial charge in [-0.2, -0.15) is 0 Å². The van der Waals surface area contributed by atoms with Gasteiger partial charge in [-0.15, -0.1) is 0 Å². The average Bonchev–Trinajstić information content (AvgIpc) is 3.24. The number of hydrogen-bond acceptors (Lipinski definition) is 7. The number of hydrogen-bond donors (Lipinski definition) is 1. The van der Waals surface area contributed by atoms with Crippen molar-refractivity contribution in [3.63, 3.8) is 0 Å². The molecule has 1 aliphatic heterocycles. The third-order valence-electron chi connectivity index (χ3n) is 6.07. The summed E-state index contributed by atoms with van der Waals surface area (Å²) in [5.74, 6) is -0.378. The van der Waals surface area contributed by atoms with Crippen LogP contribution < -0.4 is 10.5 Å². The van der Waals surface area contributed by atoms with Gasteiger partial charge in [0.25, 0.3) is 0 Å². The number of aromatic nitrogens is 1.